The molecule has 2 rings (SSSR count). The molecule has 0 N–H and O–H groups in total. The lowest BCUT2D eigenvalue weighted by Crippen LogP contribution is -2.75. The minimum absolute atomic E-state index is 0.151. The SMILES string of the molecule is CC(=O)O[Si](OC(C)=O)(OC(C)=O)O[Si](O[Si](OC(C)=O)(OC(C)=O)OC(C)=O)(c1ccccc1)c1ccccc1. The quantitative estimate of drug-likeness (QED) is 0.299. The zero-order valence-corrected chi connectivity index (χ0v) is 26.0. The average Bonchev–Trinajstić information content (AvgIpc) is 2.81. The molecule has 2 aromatic rings. The van der Waals surface area contributed by atoms with Crippen molar-refractivity contribution in [2.45, 2.75) is 41.5 Å². The molecule has 2 aromatic carbocycles. The maximum absolute atomic E-state index is 12.2. The van der Waals surface area contributed by atoms with Gasteiger partial charge in [-0.1, -0.05) is 60.7 Å². The summed E-state index contributed by atoms with van der Waals surface area (Å²) >= 11 is 0. The standard InChI is InChI=1S/C24H28O14Si3/c1-17(25)31-40(32-18(2)26,33-19(3)27)37-39(23-13-9-7-10-14-23,24-15-11-8-12-16-24)38-41(34-20(4)28,35-21(5)29)36-22(6)30/h7-16H,1-6H3. The molecule has 0 aliphatic heterocycles. The number of rotatable bonds is 12. The fourth-order valence-electron chi connectivity index (χ4n) is 3.40. The Labute approximate surface area is 238 Å². The van der Waals surface area contributed by atoms with E-state index in [0.717, 1.165) is 41.5 Å². The second kappa shape index (κ2) is 13.9. The molecule has 0 aliphatic carbocycles. The van der Waals surface area contributed by atoms with Gasteiger partial charge < -0.3 is 34.8 Å². The summed E-state index contributed by atoms with van der Waals surface area (Å²) < 4.78 is 44.2. The van der Waals surface area contributed by atoms with Gasteiger partial charge in [0.2, 0.25) is 0 Å². The van der Waals surface area contributed by atoms with Gasteiger partial charge in [0.05, 0.1) is 0 Å². The molecule has 0 radical (unpaired) electrons. The number of hydrogen-bond donors (Lipinski definition) is 0. The molecule has 0 amide bonds. The van der Waals surface area contributed by atoms with Crippen molar-refractivity contribution in [2.24, 2.45) is 0 Å². The van der Waals surface area contributed by atoms with Crippen LogP contribution in [0.25, 0.3) is 0 Å². The molecule has 0 atom stereocenters. The first-order valence-electron chi connectivity index (χ1n) is 11.8. The highest BCUT2D eigenvalue weighted by Crippen LogP contribution is 2.27. The van der Waals surface area contributed by atoms with Crippen LogP contribution in [0.15, 0.2) is 60.7 Å². The van der Waals surface area contributed by atoms with Crippen molar-refractivity contribution in [1.29, 1.82) is 0 Å². The molecule has 0 fully saturated rings. The molecule has 17 heteroatoms. The van der Waals surface area contributed by atoms with Crippen LogP contribution >= 0.6 is 0 Å². The van der Waals surface area contributed by atoms with Gasteiger partial charge in [-0.3, -0.25) is 28.8 Å². The summed E-state index contributed by atoms with van der Waals surface area (Å²) in [5.41, 5.74) is 0. The van der Waals surface area contributed by atoms with E-state index in [-0.39, 0.29) is 10.4 Å². The van der Waals surface area contributed by atoms with E-state index in [0.29, 0.717) is 0 Å². The minimum Gasteiger partial charge on any atom is -0.433 e. The molecule has 41 heavy (non-hydrogen) atoms. The van der Waals surface area contributed by atoms with Crippen LogP contribution in [0, 0.1) is 0 Å². The van der Waals surface area contributed by atoms with Gasteiger partial charge in [-0.2, -0.15) is 0 Å². The molecule has 0 unspecified atom stereocenters. The van der Waals surface area contributed by atoms with Gasteiger partial charge in [-0.25, -0.2) is 0 Å². The third-order valence-electron chi connectivity index (χ3n) is 4.46. The highest BCUT2D eigenvalue weighted by atomic mass is 28.5. The number of hydrogen-bond acceptors (Lipinski definition) is 14. The molecule has 0 bridgehead atoms. The third-order valence-corrected chi connectivity index (χ3v) is 14.2. The van der Waals surface area contributed by atoms with E-state index >= 15 is 0 Å². The van der Waals surface area contributed by atoms with E-state index in [4.69, 9.17) is 34.8 Å². The maximum atomic E-state index is 12.2. The predicted octanol–water partition coefficient (Wildman–Crippen LogP) is 0.526. The van der Waals surface area contributed by atoms with Crippen LogP contribution in [0.5, 0.6) is 0 Å². The Morgan fingerprint density at radius 3 is 0.829 bits per heavy atom. The number of benzene rings is 2. The van der Waals surface area contributed by atoms with Crippen molar-refractivity contribution in [3.8, 4) is 0 Å². The maximum Gasteiger partial charge on any atom is 0.890 e. The fourth-order valence-corrected chi connectivity index (χ4v) is 13.6. The summed E-state index contributed by atoms with van der Waals surface area (Å²) in [5, 5.41) is 0.302. The summed E-state index contributed by atoms with van der Waals surface area (Å²) in [5.74, 6) is -6.38. The Hall–Kier alpha value is -4.17. The van der Waals surface area contributed by atoms with Crippen LogP contribution in [-0.4, -0.2) is 62.5 Å². The van der Waals surface area contributed by atoms with Crippen LogP contribution in [0.4, 0.5) is 0 Å². The first-order valence-corrected chi connectivity index (χ1v) is 16.9. The van der Waals surface area contributed by atoms with Crippen molar-refractivity contribution in [3.63, 3.8) is 0 Å². The molecule has 0 saturated heterocycles. The Balaban J connectivity index is 3.07. The van der Waals surface area contributed by atoms with E-state index in [1.165, 1.54) is 24.3 Å². The minimum atomic E-state index is -5.22. The largest absolute Gasteiger partial charge is 0.890 e. The first-order chi connectivity index (χ1) is 19.1. The highest BCUT2D eigenvalue weighted by Gasteiger charge is 2.71. The lowest BCUT2D eigenvalue weighted by Gasteiger charge is -2.39. The van der Waals surface area contributed by atoms with Crippen molar-refractivity contribution < 1.29 is 63.6 Å². The Morgan fingerprint density at radius 1 is 0.415 bits per heavy atom. The van der Waals surface area contributed by atoms with E-state index in [1.54, 1.807) is 36.4 Å². The molecule has 0 saturated carbocycles. The van der Waals surface area contributed by atoms with E-state index in [1.807, 2.05) is 0 Å². The normalized spacial score (nSPS) is 11.5. The molecular formula is C24H28O14Si3. The third kappa shape index (κ3) is 9.46. The zero-order chi connectivity index (χ0) is 30.8. The van der Waals surface area contributed by atoms with Gasteiger partial charge in [0.15, 0.2) is 0 Å². The first kappa shape index (κ1) is 33.0. The monoisotopic (exact) mass is 624 g/mol. The average molecular weight is 625 g/mol. The highest BCUT2D eigenvalue weighted by molar-refractivity contribution is 7.00. The Bertz CT molecular complexity index is 1100. The molecule has 0 aliphatic rings. The lowest BCUT2D eigenvalue weighted by atomic mass is 10.4. The Morgan fingerprint density at radius 2 is 0.634 bits per heavy atom. The molecule has 0 spiro atoms. The van der Waals surface area contributed by atoms with Gasteiger partial charge in [-0.15, -0.1) is 0 Å². The summed E-state index contributed by atoms with van der Waals surface area (Å²) in [6.07, 6.45) is 0. The Kier molecular flexibility index (Phi) is 11.2. The summed E-state index contributed by atoms with van der Waals surface area (Å²) in [6.45, 7) is 5.68. The van der Waals surface area contributed by atoms with Crippen LogP contribution in [-0.2, 0) is 63.6 Å². The summed E-state index contributed by atoms with van der Waals surface area (Å²) in [6, 6.07) is 15.5. The predicted molar refractivity (Wildman–Crippen MR) is 142 cm³/mol. The van der Waals surface area contributed by atoms with Crippen molar-refractivity contribution in [2.75, 3.05) is 0 Å². The van der Waals surface area contributed by atoms with E-state index in [2.05, 4.69) is 0 Å². The van der Waals surface area contributed by atoms with Crippen molar-refractivity contribution >= 4 is 72.8 Å². The van der Waals surface area contributed by atoms with Gasteiger partial charge >= 0.3 is 26.7 Å². The number of carbonyl (C=O) groups excluding carboxylic acids is 6. The molecule has 220 valence electrons. The summed E-state index contributed by atoms with van der Waals surface area (Å²) in [7, 11) is -15.2. The second-order valence-electron chi connectivity index (χ2n) is 8.11. The van der Waals surface area contributed by atoms with Crippen molar-refractivity contribution in [3.05, 3.63) is 60.7 Å². The van der Waals surface area contributed by atoms with Gasteiger partial charge in [0, 0.05) is 41.5 Å². The molecular weight excluding hydrogens is 597 g/mol. The van der Waals surface area contributed by atoms with Crippen LogP contribution in [0.1, 0.15) is 41.5 Å². The molecule has 0 aromatic heterocycles. The smallest absolute Gasteiger partial charge is 0.433 e. The van der Waals surface area contributed by atoms with Crippen molar-refractivity contribution in [1.82, 2.24) is 0 Å². The second-order valence-corrected chi connectivity index (χ2v) is 15.4. The molecule has 14 nitrogen and oxygen atoms in total. The summed E-state index contributed by atoms with van der Waals surface area (Å²) in [4.78, 5) is 73.4. The van der Waals surface area contributed by atoms with Crippen LogP contribution in [0.2, 0.25) is 0 Å². The van der Waals surface area contributed by atoms with Gasteiger partial charge in [-0.05, 0) is 10.4 Å². The van der Waals surface area contributed by atoms with Gasteiger partial charge in [0.25, 0.3) is 35.8 Å². The lowest BCUT2D eigenvalue weighted by molar-refractivity contribution is -0.154. The number of carbonyl (C=O) groups is 6. The molecule has 0 heterocycles. The van der Waals surface area contributed by atoms with Crippen LogP contribution < -0.4 is 10.4 Å². The van der Waals surface area contributed by atoms with E-state index in [9.17, 15) is 28.8 Å². The van der Waals surface area contributed by atoms with E-state index < -0.39 is 62.5 Å². The zero-order valence-electron chi connectivity index (χ0n) is 23.0. The topological polar surface area (TPSA) is 176 Å². The fraction of sp³-hybridized carbons (Fsp3) is 0.250. The van der Waals surface area contributed by atoms with Gasteiger partial charge in [0.1, 0.15) is 0 Å². The van der Waals surface area contributed by atoms with Crippen LogP contribution in [0.3, 0.4) is 0 Å².